The summed E-state index contributed by atoms with van der Waals surface area (Å²) in [6, 6.07) is 7.19. The smallest absolute Gasteiger partial charge is 0.250 e. The lowest BCUT2D eigenvalue weighted by Gasteiger charge is -2.33. The minimum atomic E-state index is -0.584. The summed E-state index contributed by atoms with van der Waals surface area (Å²) in [5.74, 6) is -0.0998. The molecule has 1 aliphatic heterocycles. The van der Waals surface area contributed by atoms with Crippen LogP contribution >= 0.6 is 0 Å². The maximum atomic E-state index is 13.1. The molecular formula is C23H24N4O4. The van der Waals surface area contributed by atoms with Gasteiger partial charge in [0.15, 0.2) is 0 Å². The molecule has 0 saturated heterocycles. The van der Waals surface area contributed by atoms with Crippen molar-refractivity contribution in [1.82, 2.24) is 10.3 Å². The molecule has 3 rings (SSSR count). The molecule has 2 heterocycles. The van der Waals surface area contributed by atoms with Crippen molar-refractivity contribution in [3.63, 3.8) is 0 Å². The minimum Gasteiger partial charge on any atom is -0.496 e. The Morgan fingerprint density at radius 2 is 2.16 bits per heavy atom. The van der Waals surface area contributed by atoms with Crippen molar-refractivity contribution in [1.29, 1.82) is 5.26 Å². The number of aldehydes is 1. The minimum absolute atomic E-state index is 0.107. The first kappa shape index (κ1) is 21.8. The maximum Gasteiger partial charge on any atom is 0.250 e. The highest BCUT2D eigenvalue weighted by atomic mass is 16.5. The van der Waals surface area contributed by atoms with Crippen LogP contribution in [-0.4, -0.2) is 37.4 Å². The van der Waals surface area contributed by atoms with Gasteiger partial charge in [0.25, 0.3) is 0 Å². The number of methoxy groups -OCH3 is 1. The monoisotopic (exact) mass is 420 g/mol. The van der Waals surface area contributed by atoms with Crippen LogP contribution in [0.5, 0.6) is 11.6 Å². The van der Waals surface area contributed by atoms with E-state index in [0.29, 0.717) is 52.5 Å². The highest BCUT2D eigenvalue weighted by Crippen LogP contribution is 2.48. The largest absolute Gasteiger partial charge is 0.496 e. The lowest BCUT2D eigenvalue weighted by atomic mass is 9.79. The first-order valence-electron chi connectivity index (χ1n) is 9.86. The summed E-state index contributed by atoms with van der Waals surface area (Å²) in [5.41, 5.74) is 4.59. The van der Waals surface area contributed by atoms with Crippen LogP contribution in [0.2, 0.25) is 0 Å². The average Bonchev–Trinajstić information content (AvgIpc) is 2.78. The van der Waals surface area contributed by atoms with E-state index in [-0.39, 0.29) is 12.5 Å². The van der Waals surface area contributed by atoms with Crippen LogP contribution in [0.4, 0.5) is 5.69 Å². The molecule has 1 aliphatic rings. The van der Waals surface area contributed by atoms with Gasteiger partial charge in [0.2, 0.25) is 11.8 Å². The van der Waals surface area contributed by atoms with Crippen LogP contribution in [0.3, 0.4) is 0 Å². The number of nitrogens with zero attached hydrogens (tertiary/aromatic N) is 2. The topological polar surface area (TPSA) is 113 Å². The van der Waals surface area contributed by atoms with E-state index < -0.39 is 5.92 Å². The Morgan fingerprint density at radius 1 is 1.39 bits per heavy atom. The summed E-state index contributed by atoms with van der Waals surface area (Å²) in [5, 5.41) is 15.2. The van der Waals surface area contributed by atoms with E-state index in [1.165, 1.54) is 7.11 Å². The number of rotatable bonds is 7. The van der Waals surface area contributed by atoms with E-state index >= 15 is 0 Å². The molecule has 0 fully saturated rings. The zero-order valence-electron chi connectivity index (χ0n) is 17.9. The van der Waals surface area contributed by atoms with Gasteiger partial charge in [0.1, 0.15) is 12.0 Å². The Bertz CT molecular complexity index is 1100. The van der Waals surface area contributed by atoms with Crippen molar-refractivity contribution >= 4 is 17.9 Å². The van der Waals surface area contributed by atoms with Crippen molar-refractivity contribution in [3.05, 3.63) is 57.9 Å². The van der Waals surface area contributed by atoms with Crippen LogP contribution in [0, 0.1) is 18.3 Å². The fraction of sp³-hybridized carbons (Fsp3) is 0.304. The molecule has 8 nitrogen and oxygen atoms in total. The van der Waals surface area contributed by atoms with E-state index in [2.05, 4.69) is 21.7 Å². The molecule has 2 aromatic rings. The van der Waals surface area contributed by atoms with Gasteiger partial charge in [0, 0.05) is 23.0 Å². The number of anilines is 1. The number of ether oxygens (including phenoxy) is 2. The number of carbonyl (C=O) groups is 2. The predicted octanol–water partition coefficient (Wildman–Crippen LogP) is 2.82. The van der Waals surface area contributed by atoms with Crippen molar-refractivity contribution in [3.8, 4) is 17.7 Å². The summed E-state index contributed by atoms with van der Waals surface area (Å²) in [4.78, 5) is 28.4. The van der Waals surface area contributed by atoms with Crippen LogP contribution < -0.4 is 20.1 Å². The third-order valence-electron chi connectivity index (χ3n) is 5.11. The lowest BCUT2D eigenvalue weighted by Crippen LogP contribution is -2.33. The van der Waals surface area contributed by atoms with Crippen molar-refractivity contribution in [2.75, 3.05) is 25.6 Å². The van der Waals surface area contributed by atoms with E-state index in [1.54, 1.807) is 24.4 Å². The number of hydrogen-bond donors (Lipinski definition) is 2. The summed E-state index contributed by atoms with van der Waals surface area (Å²) in [6.07, 6.45) is 2.35. The molecule has 1 atom stereocenters. The number of benzene rings is 1. The van der Waals surface area contributed by atoms with Gasteiger partial charge in [-0.05, 0) is 38.5 Å². The standard InChI is InChI=1S/C23H24N4O4/c1-5-31-23-20-19(16-7-6-15(11-24)10-17(16)30-4)18(22(29)25-8-9-28)14(3)27-21(20)13(2)12-26-23/h6-7,9-10,12,19,27H,5,8H2,1-4H3,(H,25,29). The average molecular weight is 420 g/mol. The zero-order chi connectivity index (χ0) is 22.5. The summed E-state index contributed by atoms with van der Waals surface area (Å²) < 4.78 is 11.4. The number of aryl methyl sites for hydroxylation is 1. The van der Waals surface area contributed by atoms with Crippen LogP contribution in [0.15, 0.2) is 35.7 Å². The van der Waals surface area contributed by atoms with Gasteiger partial charge in [-0.15, -0.1) is 0 Å². The molecule has 0 spiro atoms. The number of hydrogen-bond acceptors (Lipinski definition) is 7. The first-order valence-corrected chi connectivity index (χ1v) is 9.86. The second-order valence-electron chi connectivity index (χ2n) is 7.01. The molecule has 0 aliphatic carbocycles. The number of aromatic nitrogens is 1. The van der Waals surface area contributed by atoms with Gasteiger partial charge < -0.3 is 24.9 Å². The molecule has 0 radical (unpaired) electrons. The van der Waals surface area contributed by atoms with Crippen molar-refractivity contribution in [2.45, 2.75) is 26.7 Å². The van der Waals surface area contributed by atoms with E-state index in [9.17, 15) is 14.9 Å². The van der Waals surface area contributed by atoms with Crippen LogP contribution in [0.25, 0.3) is 0 Å². The first-order chi connectivity index (χ1) is 15.0. The molecule has 0 bridgehead atoms. The molecular weight excluding hydrogens is 396 g/mol. The number of nitriles is 1. The predicted molar refractivity (Wildman–Crippen MR) is 115 cm³/mol. The fourth-order valence-corrected chi connectivity index (χ4v) is 3.77. The molecule has 1 aromatic heterocycles. The van der Waals surface area contributed by atoms with E-state index in [1.807, 2.05) is 20.8 Å². The highest BCUT2D eigenvalue weighted by molar-refractivity contribution is 6.00. The molecule has 2 N–H and O–H groups in total. The normalized spacial score (nSPS) is 14.7. The molecule has 1 aromatic carbocycles. The molecule has 31 heavy (non-hydrogen) atoms. The van der Waals surface area contributed by atoms with Crippen LogP contribution in [-0.2, 0) is 9.59 Å². The molecule has 160 valence electrons. The Kier molecular flexibility index (Phi) is 6.55. The number of pyridine rings is 1. The number of fused-ring (bicyclic) bond motifs is 1. The van der Waals surface area contributed by atoms with Gasteiger partial charge in [-0.25, -0.2) is 4.98 Å². The highest BCUT2D eigenvalue weighted by Gasteiger charge is 2.37. The SMILES string of the molecule is CCOc1ncc(C)c2c1C(c1ccc(C#N)cc1OC)C(C(=O)NCC=O)=C(C)N2. The maximum absolute atomic E-state index is 13.1. The summed E-state index contributed by atoms with van der Waals surface area (Å²) >= 11 is 0. The summed E-state index contributed by atoms with van der Waals surface area (Å²) in [6.45, 7) is 5.88. The number of carbonyl (C=O) groups excluding carboxylic acids is 2. The van der Waals surface area contributed by atoms with Gasteiger partial charge in [-0.2, -0.15) is 5.26 Å². The Balaban J connectivity index is 2.33. The Hall–Kier alpha value is -3.86. The number of nitrogens with one attached hydrogen (secondary N) is 2. The Labute approximate surface area is 180 Å². The third-order valence-corrected chi connectivity index (χ3v) is 5.11. The van der Waals surface area contributed by atoms with Crippen molar-refractivity contribution < 1.29 is 19.1 Å². The fourth-order valence-electron chi connectivity index (χ4n) is 3.77. The van der Waals surface area contributed by atoms with Gasteiger partial charge in [-0.3, -0.25) is 4.79 Å². The third kappa shape index (κ3) is 4.08. The molecule has 1 unspecified atom stereocenters. The Morgan fingerprint density at radius 3 is 2.81 bits per heavy atom. The number of allylic oxidation sites excluding steroid dienone is 1. The quantitative estimate of drug-likeness (QED) is 0.662. The molecule has 1 amide bonds. The summed E-state index contributed by atoms with van der Waals surface area (Å²) in [7, 11) is 1.52. The lowest BCUT2D eigenvalue weighted by molar-refractivity contribution is -0.119. The van der Waals surface area contributed by atoms with Gasteiger partial charge >= 0.3 is 0 Å². The van der Waals surface area contributed by atoms with Gasteiger partial charge in [0.05, 0.1) is 49.1 Å². The van der Waals surface area contributed by atoms with Crippen molar-refractivity contribution in [2.24, 2.45) is 0 Å². The molecule has 8 heteroatoms. The zero-order valence-corrected chi connectivity index (χ0v) is 17.9. The second kappa shape index (κ2) is 9.30. The van der Waals surface area contributed by atoms with E-state index in [4.69, 9.17) is 9.47 Å². The van der Waals surface area contributed by atoms with Crippen LogP contribution in [0.1, 0.15) is 42.0 Å². The van der Waals surface area contributed by atoms with Gasteiger partial charge in [-0.1, -0.05) is 6.07 Å². The second-order valence-corrected chi connectivity index (χ2v) is 7.01. The van der Waals surface area contributed by atoms with E-state index in [0.717, 1.165) is 11.3 Å². The number of amides is 1. The molecule has 0 saturated carbocycles.